The molecule has 0 aliphatic rings. The molecule has 8 nitrogen and oxygen atoms in total. The summed E-state index contributed by atoms with van der Waals surface area (Å²) in [6, 6.07) is 40.3. The Morgan fingerprint density at radius 3 is 2.04 bits per heavy atom. The van der Waals surface area contributed by atoms with E-state index in [4.69, 9.17) is 4.74 Å². The van der Waals surface area contributed by atoms with Crippen LogP contribution < -0.4 is 16.0 Å². The zero-order valence-electron chi connectivity index (χ0n) is 29.1. The average Bonchev–Trinajstić information content (AvgIpc) is 3.18. The lowest BCUT2D eigenvalue weighted by Gasteiger charge is -2.16. The number of unbranched alkanes of at least 4 members (excludes halogenated alkanes) is 1. The van der Waals surface area contributed by atoms with E-state index >= 15 is 0 Å². The Labute approximate surface area is 308 Å². The van der Waals surface area contributed by atoms with Crippen LogP contribution in [0.2, 0.25) is 0 Å². The fourth-order valence-electron chi connectivity index (χ4n) is 5.15. The maximum Gasteiger partial charge on any atom is 0.338 e. The first-order valence-electron chi connectivity index (χ1n) is 17.2. The van der Waals surface area contributed by atoms with Crippen molar-refractivity contribution in [3.05, 3.63) is 156 Å². The van der Waals surface area contributed by atoms with Crippen molar-refractivity contribution in [1.29, 1.82) is 0 Å². The van der Waals surface area contributed by atoms with Crippen LogP contribution in [0.25, 0.3) is 17.2 Å². The second-order valence-electron chi connectivity index (χ2n) is 11.9. The first-order chi connectivity index (χ1) is 25.3. The van der Waals surface area contributed by atoms with Crippen LogP contribution in [-0.4, -0.2) is 35.5 Å². The Morgan fingerprint density at radius 1 is 0.692 bits per heavy atom. The van der Waals surface area contributed by atoms with Crippen molar-refractivity contribution < 1.29 is 23.9 Å². The molecule has 0 radical (unpaired) electrons. The van der Waals surface area contributed by atoms with Crippen molar-refractivity contribution in [2.24, 2.45) is 0 Å². The van der Waals surface area contributed by atoms with E-state index in [1.165, 1.54) is 11.8 Å². The molecule has 0 aliphatic heterocycles. The van der Waals surface area contributed by atoms with Gasteiger partial charge in [-0.1, -0.05) is 99.1 Å². The van der Waals surface area contributed by atoms with Gasteiger partial charge in [0, 0.05) is 21.8 Å². The van der Waals surface area contributed by atoms with Crippen LogP contribution in [-0.2, 0) is 14.3 Å². The van der Waals surface area contributed by atoms with Gasteiger partial charge >= 0.3 is 5.97 Å². The molecule has 5 aromatic rings. The van der Waals surface area contributed by atoms with Gasteiger partial charge in [0.25, 0.3) is 11.8 Å². The van der Waals surface area contributed by atoms with Gasteiger partial charge in [0.15, 0.2) is 0 Å². The molecular formula is C43H41N3O5S. The molecule has 0 aliphatic carbocycles. The lowest BCUT2D eigenvalue weighted by molar-refractivity contribution is -0.116. The number of benzene rings is 5. The summed E-state index contributed by atoms with van der Waals surface area (Å²) < 4.78 is 5.26. The van der Waals surface area contributed by atoms with Crippen LogP contribution in [0.3, 0.4) is 0 Å². The zero-order chi connectivity index (χ0) is 36.7. The van der Waals surface area contributed by atoms with Gasteiger partial charge in [-0.15, -0.1) is 11.8 Å². The van der Waals surface area contributed by atoms with Crippen molar-refractivity contribution in [3.8, 4) is 11.1 Å². The maximum absolute atomic E-state index is 13.7. The molecule has 3 N–H and O–H groups in total. The van der Waals surface area contributed by atoms with Crippen LogP contribution in [0.5, 0.6) is 0 Å². The molecule has 0 heterocycles. The first-order valence-corrected chi connectivity index (χ1v) is 18.1. The fourth-order valence-corrected chi connectivity index (χ4v) is 6.16. The van der Waals surface area contributed by atoms with E-state index in [1.54, 1.807) is 72.8 Å². The highest BCUT2D eigenvalue weighted by molar-refractivity contribution is 8.00. The molecule has 52 heavy (non-hydrogen) atoms. The van der Waals surface area contributed by atoms with Crippen molar-refractivity contribution in [2.45, 2.75) is 43.3 Å². The molecule has 9 heteroatoms. The summed E-state index contributed by atoms with van der Waals surface area (Å²) >= 11 is 1.37. The number of carbonyl (C=O) groups excluding carboxylic acids is 4. The Balaban J connectivity index is 1.27. The Hall–Kier alpha value is -5.93. The summed E-state index contributed by atoms with van der Waals surface area (Å²) in [5, 5.41) is 8.21. The molecule has 0 aromatic heterocycles. The van der Waals surface area contributed by atoms with Gasteiger partial charge < -0.3 is 20.7 Å². The Bertz CT molecular complexity index is 2000. The van der Waals surface area contributed by atoms with Gasteiger partial charge in [0.05, 0.1) is 17.4 Å². The van der Waals surface area contributed by atoms with E-state index in [9.17, 15) is 19.2 Å². The molecular weight excluding hydrogens is 671 g/mol. The third kappa shape index (κ3) is 10.8. The molecule has 5 aromatic carbocycles. The van der Waals surface area contributed by atoms with E-state index in [0.29, 0.717) is 35.5 Å². The molecule has 0 saturated heterocycles. The average molecular weight is 712 g/mol. The number of nitrogens with one attached hydrogen (secondary N) is 3. The van der Waals surface area contributed by atoms with E-state index in [1.807, 2.05) is 80.6 Å². The number of amides is 3. The minimum atomic E-state index is -0.499. The second kappa shape index (κ2) is 18.9. The summed E-state index contributed by atoms with van der Waals surface area (Å²) in [6.45, 7) is 4.33. The van der Waals surface area contributed by atoms with Crippen LogP contribution in [0.1, 0.15) is 59.4 Å². The predicted molar refractivity (Wildman–Crippen MR) is 209 cm³/mol. The number of rotatable bonds is 15. The van der Waals surface area contributed by atoms with E-state index in [0.717, 1.165) is 34.4 Å². The van der Waals surface area contributed by atoms with Crippen molar-refractivity contribution >= 4 is 52.9 Å². The van der Waals surface area contributed by atoms with E-state index < -0.39 is 17.1 Å². The van der Waals surface area contributed by atoms with Gasteiger partial charge in [-0.05, 0) is 90.2 Å². The summed E-state index contributed by atoms with van der Waals surface area (Å²) in [7, 11) is 0. The predicted octanol–water partition coefficient (Wildman–Crippen LogP) is 9.23. The molecule has 3 amide bonds. The lowest BCUT2D eigenvalue weighted by atomic mass is 10.0. The summed E-state index contributed by atoms with van der Waals surface area (Å²) in [4.78, 5) is 53.1. The Kier molecular flexibility index (Phi) is 13.6. The number of hydrogen-bond donors (Lipinski definition) is 3. The topological polar surface area (TPSA) is 114 Å². The van der Waals surface area contributed by atoms with Gasteiger partial charge in [0.1, 0.15) is 5.70 Å². The maximum atomic E-state index is 13.7. The van der Waals surface area contributed by atoms with Gasteiger partial charge in [-0.2, -0.15) is 0 Å². The molecule has 5 rings (SSSR count). The highest BCUT2D eigenvalue weighted by Gasteiger charge is 2.20. The number of carbonyl (C=O) groups is 4. The number of hydrogen-bond acceptors (Lipinski definition) is 6. The lowest BCUT2D eigenvalue weighted by Crippen LogP contribution is -2.30. The van der Waals surface area contributed by atoms with Gasteiger partial charge in [0.2, 0.25) is 5.91 Å². The number of thioether (sulfide) groups is 1. The first kappa shape index (κ1) is 37.3. The van der Waals surface area contributed by atoms with Gasteiger partial charge in [-0.25, -0.2) is 4.79 Å². The monoisotopic (exact) mass is 711 g/mol. The van der Waals surface area contributed by atoms with Crippen molar-refractivity contribution in [3.63, 3.8) is 0 Å². The number of anilines is 2. The zero-order valence-corrected chi connectivity index (χ0v) is 30.0. The fraction of sp³-hybridized carbons (Fsp3) is 0.163. The van der Waals surface area contributed by atoms with Crippen molar-refractivity contribution in [1.82, 2.24) is 5.32 Å². The van der Waals surface area contributed by atoms with Gasteiger partial charge in [-0.3, -0.25) is 14.4 Å². The normalized spacial score (nSPS) is 11.6. The van der Waals surface area contributed by atoms with Crippen LogP contribution in [0.4, 0.5) is 11.4 Å². The largest absolute Gasteiger partial charge is 0.462 e. The third-order valence-corrected chi connectivity index (χ3v) is 9.37. The number of esters is 1. The molecule has 0 saturated carbocycles. The minimum Gasteiger partial charge on any atom is -0.462 e. The number of ether oxygens (including phenoxy) is 1. The molecule has 0 spiro atoms. The highest BCUT2D eigenvalue weighted by Crippen LogP contribution is 2.29. The molecule has 1 unspecified atom stereocenters. The molecule has 0 fully saturated rings. The Morgan fingerprint density at radius 2 is 1.37 bits per heavy atom. The summed E-state index contributed by atoms with van der Waals surface area (Å²) in [5.41, 5.74) is 4.84. The van der Waals surface area contributed by atoms with E-state index in [2.05, 4.69) is 16.0 Å². The van der Waals surface area contributed by atoms with Crippen LogP contribution in [0.15, 0.2) is 144 Å². The highest BCUT2D eigenvalue weighted by atomic mass is 32.2. The molecule has 264 valence electrons. The standard InChI is InChI=1S/C43H41N3O5S/c1-3-5-27-51-43(50)34-23-25-35(26-24-34)44-42(49)39(4-2)52-37-18-12-17-36(29-37)45-41(48)38(46-40(47)33-15-10-7-11-16-33)28-30-19-21-32(22-20-30)31-13-8-6-9-14-31/h6-26,28-29,39H,3-5,27H2,1-2H3,(H,44,49)(H,45,48)(H,46,47)/b38-28+. The SMILES string of the molecule is CCCCOC(=O)c1ccc(NC(=O)C(CC)Sc2cccc(NC(=O)/C(=C\c3ccc(-c4ccccc4)cc3)NC(=O)c3ccccc3)c2)cc1. The van der Waals surface area contributed by atoms with Crippen molar-refractivity contribution in [2.75, 3.05) is 17.2 Å². The van der Waals surface area contributed by atoms with Crippen LogP contribution in [0, 0.1) is 0 Å². The summed E-state index contributed by atoms with van der Waals surface area (Å²) in [6.07, 6.45) is 3.94. The molecule has 1 atom stereocenters. The second-order valence-corrected chi connectivity index (χ2v) is 13.2. The quantitative estimate of drug-likeness (QED) is 0.0432. The smallest absolute Gasteiger partial charge is 0.338 e. The minimum absolute atomic E-state index is 0.0745. The summed E-state index contributed by atoms with van der Waals surface area (Å²) in [5.74, 6) is -1.49. The third-order valence-electron chi connectivity index (χ3n) is 8.01. The van der Waals surface area contributed by atoms with Crippen LogP contribution >= 0.6 is 11.8 Å². The van der Waals surface area contributed by atoms with E-state index in [-0.39, 0.29) is 17.6 Å². The molecule has 0 bridgehead atoms.